The second-order valence-corrected chi connectivity index (χ2v) is 25.5. The maximum atomic E-state index is 2.53. The summed E-state index contributed by atoms with van der Waals surface area (Å²) < 4.78 is 2.53. The SMILES string of the molecule is CC(C)(C)c1ccc(-c2ccccc2-c2ccc(N(c3cc(-c4ccccc4)cc(C(C)(C)C)c3)c3ccc4ccc5c(-n6c7ccc(C(C)(C)C)cc7c7cc(C(C)(C)C)ccc76)ccc6ccc3c4c65)cc2)cc1. The van der Waals surface area contributed by atoms with Crippen LogP contribution in [0, 0.1) is 0 Å². The Balaban J connectivity index is 1.08. The molecule has 0 fully saturated rings. The van der Waals surface area contributed by atoms with Crippen LogP contribution in [0.25, 0.3) is 93.2 Å². The zero-order chi connectivity index (χ0) is 53.1. The van der Waals surface area contributed by atoms with E-state index in [-0.39, 0.29) is 21.7 Å². The van der Waals surface area contributed by atoms with Crippen molar-refractivity contribution in [3.05, 3.63) is 229 Å². The molecule has 376 valence electrons. The first-order valence-corrected chi connectivity index (χ1v) is 27.3. The second-order valence-electron chi connectivity index (χ2n) is 25.5. The highest BCUT2D eigenvalue weighted by Gasteiger charge is 2.26. The number of aromatic nitrogens is 1. The second kappa shape index (κ2) is 17.8. The van der Waals surface area contributed by atoms with Gasteiger partial charge in [0.2, 0.25) is 0 Å². The molecule has 0 aliphatic carbocycles. The fourth-order valence-corrected chi connectivity index (χ4v) is 11.7. The molecule has 0 amide bonds. The molecule has 11 aromatic carbocycles. The molecule has 12 aromatic rings. The molecule has 0 bridgehead atoms. The monoisotopic (exact) mass is 987 g/mol. The van der Waals surface area contributed by atoms with E-state index in [9.17, 15) is 0 Å². The summed E-state index contributed by atoms with van der Waals surface area (Å²) >= 11 is 0. The van der Waals surface area contributed by atoms with Crippen molar-refractivity contribution in [2.75, 3.05) is 4.90 Å². The molecule has 0 saturated carbocycles. The molecule has 0 saturated heterocycles. The average molecular weight is 987 g/mol. The van der Waals surface area contributed by atoms with Crippen LogP contribution < -0.4 is 4.90 Å². The van der Waals surface area contributed by atoms with Gasteiger partial charge in [-0.3, -0.25) is 0 Å². The largest absolute Gasteiger partial charge is 0.310 e. The number of fused-ring (bicyclic) bond motifs is 3. The molecule has 2 heteroatoms. The fourth-order valence-electron chi connectivity index (χ4n) is 11.7. The van der Waals surface area contributed by atoms with Crippen LogP contribution in [0.15, 0.2) is 206 Å². The lowest BCUT2D eigenvalue weighted by atomic mass is 9.84. The summed E-state index contributed by atoms with van der Waals surface area (Å²) in [5.41, 5.74) is 19.6. The van der Waals surface area contributed by atoms with Crippen molar-refractivity contribution >= 4 is 71.2 Å². The first-order chi connectivity index (χ1) is 36.2. The van der Waals surface area contributed by atoms with Gasteiger partial charge in [-0.1, -0.05) is 229 Å². The minimum atomic E-state index is -0.0989. The maximum absolute atomic E-state index is 2.53. The molecule has 0 unspecified atom stereocenters. The van der Waals surface area contributed by atoms with Gasteiger partial charge in [0, 0.05) is 32.9 Å². The molecular formula is C74H70N2. The van der Waals surface area contributed by atoms with E-state index in [1.165, 1.54) is 115 Å². The molecule has 76 heavy (non-hydrogen) atoms. The summed E-state index contributed by atoms with van der Waals surface area (Å²) in [4.78, 5) is 2.52. The third kappa shape index (κ3) is 8.53. The molecule has 0 atom stereocenters. The van der Waals surface area contributed by atoms with Gasteiger partial charge in [0.15, 0.2) is 0 Å². The molecule has 1 aromatic heterocycles. The molecule has 0 N–H and O–H groups in total. The van der Waals surface area contributed by atoms with E-state index in [4.69, 9.17) is 0 Å². The van der Waals surface area contributed by atoms with E-state index in [2.05, 4.69) is 299 Å². The Kier molecular flexibility index (Phi) is 11.5. The number of hydrogen-bond donors (Lipinski definition) is 0. The Morgan fingerprint density at radius 1 is 0.303 bits per heavy atom. The van der Waals surface area contributed by atoms with Gasteiger partial charge in [0.25, 0.3) is 0 Å². The summed E-state index contributed by atoms with van der Waals surface area (Å²) in [6.07, 6.45) is 0. The molecule has 2 nitrogen and oxygen atoms in total. The predicted molar refractivity (Wildman–Crippen MR) is 330 cm³/mol. The number of rotatable bonds is 7. The molecular weight excluding hydrogens is 917 g/mol. The van der Waals surface area contributed by atoms with Gasteiger partial charge in [-0.05, 0) is 160 Å². The van der Waals surface area contributed by atoms with Crippen molar-refractivity contribution in [3.63, 3.8) is 0 Å². The van der Waals surface area contributed by atoms with Crippen molar-refractivity contribution < 1.29 is 0 Å². The van der Waals surface area contributed by atoms with Crippen molar-refractivity contribution in [3.8, 4) is 39.1 Å². The van der Waals surface area contributed by atoms with Crippen molar-refractivity contribution in [2.24, 2.45) is 0 Å². The quantitative estimate of drug-likeness (QED) is 0.145. The van der Waals surface area contributed by atoms with E-state index in [1.807, 2.05) is 0 Å². The van der Waals surface area contributed by atoms with Crippen LogP contribution in [0.4, 0.5) is 17.1 Å². The summed E-state index contributed by atoms with van der Waals surface area (Å²) in [6, 6.07) is 78.5. The number of nitrogens with zero attached hydrogens (tertiary/aromatic N) is 2. The first kappa shape index (κ1) is 49.0. The van der Waals surface area contributed by atoms with Crippen LogP contribution in [-0.2, 0) is 21.7 Å². The molecule has 0 aliphatic rings. The van der Waals surface area contributed by atoms with Crippen molar-refractivity contribution in [2.45, 2.75) is 105 Å². The first-order valence-electron chi connectivity index (χ1n) is 27.3. The van der Waals surface area contributed by atoms with Crippen LogP contribution in [0.3, 0.4) is 0 Å². The minimum absolute atomic E-state index is 0.0207. The Morgan fingerprint density at radius 3 is 1.33 bits per heavy atom. The third-order valence-corrected chi connectivity index (χ3v) is 16.2. The van der Waals surface area contributed by atoms with Crippen LogP contribution in [0.5, 0.6) is 0 Å². The number of benzene rings is 11. The standard InChI is InChI=1S/C74H70N2/c1-71(2,3)53-30-22-48(23-31-53)59-20-16-17-21-60(59)49-24-34-57(35-25-49)75(58-43-52(47-18-14-13-15-19-47)42-56(44-58)74(10,11)12)65-38-28-50-27-37-62-66(39-29-51-26-36-61(65)69(50)70(51)62)76-67-40-32-54(72(4,5)6)45-63(67)64-46-55(73(7,8)9)33-41-68(64)76/h13-46H,1-12H3. The van der Waals surface area contributed by atoms with Gasteiger partial charge >= 0.3 is 0 Å². The van der Waals surface area contributed by atoms with Crippen LogP contribution in [-0.4, -0.2) is 4.57 Å². The van der Waals surface area contributed by atoms with Gasteiger partial charge in [0.05, 0.1) is 22.4 Å². The van der Waals surface area contributed by atoms with Gasteiger partial charge in [0.1, 0.15) is 0 Å². The van der Waals surface area contributed by atoms with E-state index >= 15 is 0 Å². The molecule has 12 rings (SSSR count). The summed E-state index contributed by atoms with van der Waals surface area (Å²) in [7, 11) is 0. The predicted octanol–water partition coefficient (Wildman–Crippen LogP) is 21.3. The lowest BCUT2D eigenvalue weighted by Crippen LogP contribution is -2.15. The van der Waals surface area contributed by atoms with Crippen molar-refractivity contribution in [1.29, 1.82) is 0 Å². The number of hydrogen-bond acceptors (Lipinski definition) is 1. The molecule has 0 radical (unpaired) electrons. The number of anilines is 3. The topological polar surface area (TPSA) is 8.17 Å². The van der Waals surface area contributed by atoms with Crippen molar-refractivity contribution in [1.82, 2.24) is 4.57 Å². The van der Waals surface area contributed by atoms with Gasteiger partial charge in [-0.25, -0.2) is 0 Å². The highest BCUT2D eigenvalue weighted by molar-refractivity contribution is 6.27. The minimum Gasteiger partial charge on any atom is -0.310 e. The fraction of sp³-hybridized carbons (Fsp3) is 0.216. The van der Waals surface area contributed by atoms with Gasteiger partial charge in [-0.2, -0.15) is 0 Å². The van der Waals surface area contributed by atoms with Crippen LogP contribution in [0.2, 0.25) is 0 Å². The van der Waals surface area contributed by atoms with E-state index < -0.39 is 0 Å². The van der Waals surface area contributed by atoms with Gasteiger partial charge in [-0.15, -0.1) is 0 Å². The Bertz CT molecular complexity index is 4090. The lowest BCUT2D eigenvalue weighted by molar-refractivity contribution is 0.590. The maximum Gasteiger partial charge on any atom is 0.0541 e. The lowest BCUT2D eigenvalue weighted by Gasteiger charge is -2.30. The Hall–Kier alpha value is -7.94. The Morgan fingerprint density at radius 2 is 0.776 bits per heavy atom. The van der Waals surface area contributed by atoms with Crippen LogP contribution >= 0.6 is 0 Å². The summed E-state index contributed by atoms with van der Waals surface area (Å²) in [5.74, 6) is 0. The Labute approximate surface area is 450 Å². The van der Waals surface area contributed by atoms with E-state index in [0.717, 1.165) is 17.1 Å². The van der Waals surface area contributed by atoms with Gasteiger partial charge < -0.3 is 9.47 Å². The van der Waals surface area contributed by atoms with E-state index in [1.54, 1.807) is 0 Å². The summed E-state index contributed by atoms with van der Waals surface area (Å²) in [5, 5.41) is 10.1. The van der Waals surface area contributed by atoms with Crippen LogP contribution in [0.1, 0.15) is 105 Å². The normalized spacial score (nSPS) is 12.7. The third-order valence-electron chi connectivity index (χ3n) is 16.2. The summed E-state index contributed by atoms with van der Waals surface area (Å²) in [6.45, 7) is 27.7. The highest BCUT2D eigenvalue weighted by Crippen LogP contribution is 2.48. The highest BCUT2D eigenvalue weighted by atomic mass is 15.1. The zero-order valence-corrected chi connectivity index (χ0v) is 46.5. The average Bonchev–Trinajstić information content (AvgIpc) is 3.80. The molecule has 0 aliphatic heterocycles. The smallest absolute Gasteiger partial charge is 0.0541 e. The van der Waals surface area contributed by atoms with E-state index in [0.29, 0.717) is 0 Å². The molecule has 0 spiro atoms. The zero-order valence-electron chi connectivity index (χ0n) is 46.5. The molecule has 1 heterocycles.